The highest BCUT2D eigenvalue weighted by atomic mass is 32.2. The van der Waals surface area contributed by atoms with Gasteiger partial charge >= 0.3 is 5.97 Å². The molecule has 5 atom stereocenters. The molecule has 1 aromatic carbocycles. The van der Waals surface area contributed by atoms with Crippen LogP contribution in [0, 0.1) is 29.3 Å². The number of anilines is 1. The fraction of sp³-hybridized carbons (Fsp3) is 0.393. The van der Waals surface area contributed by atoms with E-state index in [1.165, 1.54) is 13.8 Å². The lowest BCUT2D eigenvalue weighted by molar-refractivity contribution is -0.129. The molecule has 2 aliphatic rings. The molecule has 2 amide bonds. The first-order valence-corrected chi connectivity index (χ1v) is 15.6. The third-order valence-electron chi connectivity index (χ3n) is 7.92. The molecule has 1 saturated carbocycles. The predicted octanol–water partition coefficient (Wildman–Crippen LogP) is 0.798. The van der Waals surface area contributed by atoms with Gasteiger partial charge in [-0.05, 0) is 39.0 Å². The number of amides is 2. The number of benzene rings is 1. The number of hydrogen-bond donors (Lipinski definition) is 5. The minimum atomic E-state index is -3.67. The molecule has 5 rings (SSSR count). The highest BCUT2D eigenvalue weighted by Crippen LogP contribution is 2.55. The van der Waals surface area contributed by atoms with Crippen LogP contribution < -0.4 is 26.7 Å². The molecule has 0 spiro atoms. The van der Waals surface area contributed by atoms with Gasteiger partial charge in [0.25, 0.3) is 10.1 Å². The maximum atomic E-state index is 15.3. The zero-order valence-corrected chi connectivity index (χ0v) is 25.7. The number of nitrogens with one attached hydrogen (secondary N) is 2. The predicted molar refractivity (Wildman–Crippen MR) is 159 cm³/mol. The van der Waals surface area contributed by atoms with Gasteiger partial charge in [0, 0.05) is 42.7 Å². The molecule has 18 heteroatoms. The molecular formula is C28H31F3N6O8S. The number of carbonyl (C=O) groups excluding carboxylic acids is 2. The minimum absolute atomic E-state index is 0.0780. The summed E-state index contributed by atoms with van der Waals surface area (Å²) in [6.45, 7) is 5.47. The molecule has 1 saturated heterocycles. The summed E-state index contributed by atoms with van der Waals surface area (Å²) >= 11 is 0. The smallest absolute Gasteiger partial charge is 0.341 e. The molecule has 3 heterocycles. The lowest BCUT2D eigenvalue weighted by atomic mass is 10.1. The number of aromatic carboxylic acids is 1. The number of nitrogens with zero attached hydrogens (tertiary/aromatic N) is 3. The number of pyridine rings is 2. The van der Waals surface area contributed by atoms with Crippen LogP contribution in [0.15, 0.2) is 35.3 Å². The van der Waals surface area contributed by atoms with Gasteiger partial charge in [-0.15, -0.1) is 0 Å². The highest BCUT2D eigenvalue weighted by molar-refractivity contribution is 7.85. The molecule has 0 bridgehead atoms. The molecule has 248 valence electrons. The Bertz CT molecular complexity index is 1900. The standard InChI is InChI=1S/C27H27F3N6O5.CH4O3S/c1-11(31)24(38)32-12(2)25(39)34-27(3)16-9-35(10-17(16)27)23-19(30)7-14-21(37)15(26(40)41)8-36(22(14)33-23)20-5-4-13(28)6-18(20)29;1-5(2,3)4/h4-8,11-12,16-17H,9-10,31H2,1-3H3,(H,32,38)(H,34,39)(H,40,41);1H3,(H,2,3,4)/t11-,12-,16-,17+,27?;/m0./s1. The number of fused-ring (bicyclic) bond motifs is 2. The van der Waals surface area contributed by atoms with Crippen molar-refractivity contribution in [3.05, 3.63) is 63.7 Å². The number of carboxylic acids is 1. The maximum Gasteiger partial charge on any atom is 0.341 e. The van der Waals surface area contributed by atoms with Crippen molar-refractivity contribution in [3.63, 3.8) is 0 Å². The second-order valence-corrected chi connectivity index (χ2v) is 12.9. The minimum Gasteiger partial charge on any atom is -0.477 e. The Labute approximate surface area is 260 Å². The molecule has 1 aliphatic carbocycles. The number of piperidine rings is 1. The Morgan fingerprint density at radius 3 is 2.20 bits per heavy atom. The zero-order chi connectivity index (χ0) is 34.5. The molecule has 6 N–H and O–H groups in total. The van der Waals surface area contributed by atoms with E-state index in [-0.39, 0.29) is 34.4 Å². The van der Waals surface area contributed by atoms with Crippen LogP contribution in [0.2, 0.25) is 0 Å². The van der Waals surface area contributed by atoms with Gasteiger partial charge < -0.3 is 26.4 Å². The van der Waals surface area contributed by atoms with Crippen molar-refractivity contribution in [2.45, 2.75) is 38.4 Å². The summed E-state index contributed by atoms with van der Waals surface area (Å²) in [5.74, 6) is -5.56. The fourth-order valence-electron chi connectivity index (χ4n) is 5.47. The van der Waals surface area contributed by atoms with Crippen molar-refractivity contribution in [3.8, 4) is 5.69 Å². The zero-order valence-electron chi connectivity index (χ0n) is 24.9. The summed E-state index contributed by atoms with van der Waals surface area (Å²) in [4.78, 5) is 55.0. The third-order valence-corrected chi connectivity index (χ3v) is 7.92. The molecule has 14 nitrogen and oxygen atoms in total. The van der Waals surface area contributed by atoms with Crippen LogP contribution in [0.4, 0.5) is 19.0 Å². The topological polar surface area (TPSA) is 214 Å². The van der Waals surface area contributed by atoms with Gasteiger partial charge in [0.2, 0.25) is 17.2 Å². The number of rotatable bonds is 7. The van der Waals surface area contributed by atoms with Crippen molar-refractivity contribution in [2.75, 3.05) is 24.2 Å². The van der Waals surface area contributed by atoms with Crippen LogP contribution in [0.1, 0.15) is 31.1 Å². The van der Waals surface area contributed by atoms with Crippen LogP contribution in [-0.2, 0) is 19.7 Å². The van der Waals surface area contributed by atoms with E-state index < -0.39 is 74.0 Å². The first-order chi connectivity index (χ1) is 21.2. The maximum absolute atomic E-state index is 15.3. The Morgan fingerprint density at radius 1 is 1.09 bits per heavy atom. The molecule has 1 aliphatic heterocycles. The van der Waals surface area contributed by atoms with E-state index in [0.29, 0.717) is 25.4 Å². The van der Waals surface area contributed by atoms with E-state index >= 15 is 4.39 Å². The van der Waals surface area contributed by atoms with Gasteiger partial charge in [0.05, 0.1) is 23.4 Å². The van der Waals surface area contributed by atoms with Crippen molar-refractivity contribution < 1.29 is 45.6 Å². The SMILES string of the molecule is CS(=O)(=O)O.C[C@H](N)C(=O)N[C@@H](C)C(=O)NC1(C)[C@@H]2CN(c3nc4c(cc3F)c(=O)c(C(=O)O)cn4-c3ccc(F)cc3F)C[C@@H]21. The fourth-order valence-corrected chi connectivity index (χ4v) is 5.47. The lowest BCUT2D eigenvalue weighted by Gasteiger charge is -2.27. The van der Waals surface area contributed by atoms with E-state index in [1.807, 2.05) is 6.92 Å². The molecule has 2 aromatic heterocycles. The number of carboxylic acid groups (broad SMARTS) is 1. The van der Waals surface area contributed by atoms with Crippen molar-refractivity contribution in [1.82, 2.24) is 20.2 Å². The normalized spacial score (nSPS) is 21.5. The van der Waals surface area contributed by atoms with E-state index in [4.69, 9.17) is 10.3 Å². The summed E-state index contributed by atoms with van der Waals surface area (Å²) in [5, 5.41) is 14.6. The van der Waals surface area contributed by atoms with Gasteiger partial charge in [-0.3, -0.25) is 23.5 Å². The molecular weight excluding hydrogens is 637 g/mol. The monoisotopic (exact) mass is 668 g/mol. The Morgan fingerprint density at radius 2 is 1.67 bits per heavy atom. The Hall–Kier alpha value is -4.55. The van der Waals surface area contributed by atoms with Gasteiger partial charge in [0.15, 0.2) is 17.3 Å². The quantitative estimate of drug-likeness (QED) is 0.222. The number of hydrogen-bond acceptors (Lipinski definition) is 9. The first kappa shape index (κ1) is 34.3. The van der Waals surface area contributed by atoms with Gasteiger partial charge in [0.1, 0.15) is 23.2 Å². The average molecular weight is 669 g/mol. The van der Waals surface area contributed by atoms with Crippen LogP contribution >= 0.6 is 0 Å². The van der Waals surface area contributed by atoms with Crippen LogP contribution in [0.3, 0.4) is 0 Å². The van der Waals surface area contributed by atoms with Gasteiger partial charge in [-0.1, -0.05) is 0 Å². The molecule has 0 radical (unpaired) electrons. The molecule has 3 aromatic rings. The van der Waals surface area contributed by atoms with E-state index in [2.05, 4.69) is 15.6 Å². The van der Waals surface area contributed by atoms with Crippen molar-refractivity contribution in [1.29, 1.82) is 0 Å². The molecule has 1 unspecified atom stereocenters. The summed E-state index contributed by atoms with van der Waals surface area (Å²) in [5.41, 5.74) is 2.69. The molecule has 46 heavy (non-hydrogen) atoms. The summed E-state index contributed by atoms with van der Waals surface area (Å²) in [6.07, 6.45) is 1.59. The first-order valence-electron chi connectivity index (χ1n) is 13.7. The van der Waals surface area contributed by atoms with E-state index in [9.17, 15) is 41.5 Å². The lowest BCUT2D eigenvalue weighted by Crippen LogP contribution is -2.53. The largest absolute Gasteiger partial charge is 0.477 e. The number of carbonyl (C=O) groups is 3. The second kappa shape index (κ2) is 12.3. The third kappa shape index (κ3) is 6.97. The molecule has 2 fully saturated rings. The number of nitrogens with two attached hydrogens (primary N) is 1. The van der Waals surface area contributed by atoms with Crippen molar-refractivity contribution in [2.24, 2.45) is 17.6 Å². The summed E-state index contributed by atoms with van der Waals surface area (Å²) in [7, 11) is -3.67. The van der Waals surface area contributed by atoms with Gasteiger partial charge in [-0.2, -0.15) is 8.42 Å². The summed E-state index contributed by atoms with van der Waals surface area (Å²) < 4.78 is 70.5. The van der Waals surface area contributed by atoms with E-state index in [0.717, 1.165) is 29.0 Å². The van der Waals surface area contributed by atoms with Crippen LogP contribution in [0.25, 0.3) is 16.7 Å². The number of aromatic nitrogens is 2. The van der Waals surface area contributed by atoms with Crippen LogP contribution in [-0.4, -0.2) is 82.4 Å². The van der Waals surface area contributed by atoms with Crippen LogP contribution in [0.5, 0.6) is 0 Å². The highest BCUT2D eigenvalue weighted by Gasteiger charge is 2.66. The van der Waals surface area contributed by atoms with Crippen molar-refractivity contribution >= 4 is 44.8 Å². The number of halogens is 3. The average Bonchev–Trinajstić information content (AvgIpc) is 3.24. The second-order valence-electron chi connectivity index (χ2n) is 11.4. The Kier molecular flexibility index (Phi) is 9.20. The summed E-state index contributed by atoms with van der Waals surface area (Å²) in [6, 6.07) is 1.88. The van der Waals surface area contributed by atoms with E-state index in [1.54, 1.807) is 4.90 Å². The Balaban J connectivity index is 0.000000892. The van der Waals surface area contributed by atoms with Gasteiger partial charge in [-0.25, -0.2) is 22.9 Å².